The molecule has 5 nitrogen and oxygen atoms in total. The summed E-state index contributed by atoms with van der Waals surface area (Å²) in [5.74, 6) is -0.135. The fourth-order valence-corrected chi connectivity index (χ4v) is 2.24. The Hall–Kier alpha value is -1.95. The van der Waals surface area contributed by atoms with E-state index in [0.717, 1.165) is 22.8 Å². The Morgan fingerprint density at radius 2 is 2.33 bits per heavy atom. The smallest absolute Gasteiger partial charge is 0.265 e. The number of amides is 1. The molecule has 0 aliphatic heterocycles. The molecule has 2 rings (SSSR count). The fourth-order valence-electron chi connectivity index (χ4n) is 1.58. The summed E-state index contributed by atoms with van der Waals surface area (Å²) in [6, 6.07) is 7.43. The van der Waals surface area contributed by atoms with Gasteiger partial charge < -0.3 is 11.1 Å². The molecule has 0 bridgehead atoms. The first-order valence-corrected chi connectivity index (χ1v) is 6.42. The Bertz CT molecular complexity index is 553. The molecule has 0 spiro atoms. The SMILES string of the molecule is CCc1nnsc1C(=O)NCc1cccc(N)c1. The lowest BCUT2D eigenvalue weighted by Crippen LogP contribution is -2.22. The molecule has 0 atom stereocenters. The van der Waals surface area contributed by atoms with Crippen molar-refractivity contribution in [2.45, 2.75) is 19.9 Å². The summed E-state index contributed by atoms with van der Waals surface area (Å²) in [4.78, 5) is 12.5. The van der Waals surface area contributed by atoms with Gasteiger partial charge in [-0.15, -0.1) is 5.10 Å². The van der Waals surface area contributed by atoms with Crippen molar-refractivity contribution >= 4 is 23.1 Å². The molecule has 94 valence electrons. The Balaban J connectivity index is 2.00. The van der Waals surface area contributed by atoms with Gasteiger partial charge in [-0.3, -0.25) is 4.79 Å². The summed E-state index contributed by atoms with van der Waals surface area (Å²) < 4.78 is 3.79. The van der Waals surface area contributed by atoms with Crippen LogP contribution in [0, 0.1) is 0 Å². The second-order valence-electron chi connectivity index (χ2n) is 3.83. The molecule has 0 fully saturated rings. The topological polar surface area (TPSA) is 80.9 Å². The van der Waals surface area contributed by atoms with Gasteiger partial charge in [-0.25, -0.2) is 0 Å². The minimum absolute atomic E-state index is 0.135. The minimum Gasteiger partial charge on any atom is -0.399 e. The molecule has 1 heterocycles. The highest BCUT2D eigenvalue weighted by atomic mass is 32.1. The Kier molecular flexibility index (Phi) is 3.88. The van der Waals surface area contributed by atoms with Gasteiger partial charge >= 0.3 is 0 Å². The number of hydrogen-bond acceptors (Lipinski definition) is 5. The van der Waals surface area contributed by atoms with E-state index in [4.69, 9.17) is 5.73 Å². The van der Waals surface area contributed by atoms with Gasteiger partial charge in [0.25, 0.3) is 5.91 Å². The fraction of sp³-hybridized carbons (Fsp3) is 0.250. The lowest BCUT2D eigenvalue weighted by atomic mass is 10.2. The van der Waals surface area contributed by atoms with Crippen LogP contribution in [-0.2, 0) is 13.0 Å². The number of nitrogen functional groups attached to an aromatic ring is 1. The summed E-state index contributed by atoms with van der Waals surface area (Å²) in [5, 5.41) is 6.75. The summed E-state index contributed by atoms with van der Waals surface area (Å²) >= 11 is 1.12. The van der Waals surface area contributed by atoms with Crippen molar-refractivity contribution in [1.82, 2.24) is 14.9 Å². The maximum atomic E-state index is 11.9. The van der Waals surface area contributed by atoms with Crippen LogP contribution in [-0.4, -0.2) is 15.5 Å². The van der Waals surface area contributed by atoms with Crippen LogP contribution in [0.3, 0.4) is 0 Å². The van der Waals surface area contributed by atoms with E-state index in [0.29, 0.717) is 23.5 Å². The largest absolute Gasteiger partial charge is 0.399 e. The van der Waals surface area contributed by atoms with E-state index in [9.17, 15) is 4.79 Å². The maximum Gasteiger partial charge on any atom is 0.265 e. The first kappa shape index (κ1) is 12.5. The van der Waals surface area contributed by atoms with Crippen molar-refractivity contribution in [2.75, 3.05) is 5.73 Å². The van der Waals surface area contributed by atoms with Gasteiger partial charge in [0.2, 0.25) is 0 Å². The normalized spacial score (nSPS) is 10.3. The van der Waals surface area contributed by atoms with Crippen LogP contribution in [0.5, 0.6) is 0 Å². The van der Waals surface area contributed by atoms with E-state index in [1.165, 1.54) is 0 Å². The highest BCUT2D eigenvalue weighted by molar-refractivity contribution is 7.08. The zero-order valence-electron chi connectivity index (χ0n) is 10.0. The number of nitrogens with zero attached hydrogens (tertiary/aromatic N) is 2. The molecular formula is C12H14N4OS. The molecule has 1 aromatic heterocycles. The van der Waals surface area contributed by atoms with Crippen LogP contribution < -0.4 is 11.1 Å². The third kappa shape index (κ3) is 2.84. The van der Waals surface area contributed by atoms with Gasteiger partial charge in [-0.2, -0.15) is 0 Å². The van der Waals surface area contributed by atoms with E-state index < -0.39 is 0 Å². The molecule has 0 aliphatic rings. The van der Waals surface area contributed by atoms with Crippen LogP contribution in [0.4, 0.5) is 5.69 Å². The molecular weight excluding hydrogens is 248 g/mol. The molecule has 1 amide bonds. The Labute approximate surface area is 109 Å². The number of rotatable bonds is 4. The average molecular weight is 262 g/mol. The second kappa shape index (κ2) is 5.59. The Morgan fingerprint density at radius 1 is 1.50 bits per heavy atom. The highest BCUT2D eigenvalue weighted by Gasteiger charge is 2.14. The van der Waals surface area contributed by atoms with Crippen molar-refractivity contribution in [2.24, 2.45) is 0 Å². The maximum absolute atomic E-state index is 11.9. The van der Waals surface area contributed by atoms with Gasteiger partial charge in [0.15, 0.2) is 0 Å². The molecule has 6 heteroatoms. The number of carbonyl (C=O) groups excluding carboxylic acids is 1. The second-order valence-corrected chi connectivity index (χ2v) is 4.58. The molecule has 2 aromatic rings. The summed E-state index contributed by atoms with van der Waals surface area (Å²) in [5.41, 5.74) is 8.08. The van der Waals surface area contributed by atoms with Gasteiger partial charge in [0.05, 0.1) is 5.69 Å². The molecule has 0 unspecified atom stereocenters. The van der Waals surface area contributed by atoms with Crippen molar-refractivity contribution < 1.29 is 4.79 Å². The van der Waals surface area contributed by atoms with Crippen LogP contribution in [0.25, 0.3) is 0 Å². The van der Waals surface area contributed by atoms with Crippen molar-refractivity contribution in [3.05, 3.63) is 40.4 Å². The summed E-state index contributed by atoms with van der Waals surface area (Å²) in [6.07, 6.45) is 0.706. The molecule has 18 heavy (non-hydrogen) atoms. The van der Waals surface area contributed by atoms with E-state index in [1.54, 1.807) is 0 Å². The molecule has 3 N–H and O–H groups in total. The zero-order valence-corrected chi connectivity index (χ0v) is 10.8. The van der Waals surface area contributed by atoms with Crippen LogP contribution in [0.15, 0.2) is 24.3 Å². The van der Waals surface area contributed by atoms with E-state index in [1.807, 2.05) is 31.2 Å². The lowest BCUT2D eigenvalue weighted by Gasteiger charge is -2.05. The number of carbonyl (C=O) groups is 1. The molecule has 0 saturated carbocycles. The standard InChI is InChI=1S/C12H14N4OS/c1-2-10-11(18-16-15-10)12(17)14-7-8-4-3-5-9(13)6-8/h3-6H,2,7,13H2,1H3,(H,14,17). The number of aromatic nitrogens is 2. The third-order valence-corrected chi connectivity index (χ3v) is 3.27. The highest BCUT2D eigenvalue weighted by Crippen LogP contribution is 2.11. The quantitative estimate of drug-likeness (QED) is 0.820. The van der Waals surface area contributed by atoms with Gasteiger partial charge in [0, 0.05) is 12.2 Å². The number of anilines is 1. The third-order valence-electron chi connectivity index (χ3n) is 2.50. The van der Waals surface area contributed by atoms with Gasteiger partial charge in [-0.05, 0) is 35.6 Å². The van der Waals surface area contributed by atoms with Crippen LogP contribution in [0.1, 0.15) is 27.9 Å². The lowest BCUT2D eigenvalue weighted by molar-refractivity contribution is 0.0954. The number of aryl methyl sites for hydroxylation is 1. The predicted octanol–water partition coefficient (Wildman–Crippen LogP) is 1.61. The first-order chi connectivity index (χ1) is 8.70. The molecule has 0 radical (unpaired) electrons. The van der Waals surface area contributed by atoms with Crippen molar-refractivity contribution in [1.29, 1.82) is 0 Å². The number of nitrogens with one attached hydrogen (secondary N) is 1. The van der Waals surface area contributed by atoms with Gasteiger partial charge in [-0.1, -0.05) is 23.5 Å². The van der Waals surface area contributed by atoms with E-state index in [-0.39, 0.29) is 5.91 Å². The first-order valence-electron chi connectivity index (χ1n) is 5.64. The van der Waals surface area contributed by atoms with Crippen LogP contribution in [0.2, 0.25) is 0 Å². The van der Waals surface area contributed by atoms with Gasteiger partial charge in [0.1, 0.15) is 4.88 Å². The monoisotopic (exact) mass is 262 g/mol. The predicted molar refractivity (Wildman–Crippen MR) is 71.3 cm³/mol. The molecule has 0 saturated heterocycles. The Morgan fingerprint density at radius 3 is 3.06 bits per heavy atom. The van der Waals surface area contributed by atoms with E-state index in [2.05, 4.69) is 14.9 Å². The summed E-state index contributed by atoms with van der Waals surface area (Å²) in [7, 11) is 0. The van der Waals surface area contributed by atoms with E-state index >= 15 is 0 Å². The molecule has 0 aliphatic carbocycles. The van der Waals surface area contributed by atoms with Crippen LogP contribution >= 0.6 is 11.5 Å². The average Bonchev–Trinajstić information content (AvgIpc) is 2.84. The van der Waals surface area contributed by atoms with Crippen molar-refractivity contribution in [3.63, 3.8) is 0 Å². The number of hydrogen-bond donors (Lipinski definition) is 2. The molecule has 1 aromatic carbocycles. The van der Waals surface area contributed by atoms with Crippen molar-refractivity contribution in [3.8, 4) is 0 Å². The number of nitrogens with two attached hydrogens (primary N) is 1. The number of benzene rings is 1. The minimum atomic E-state index is -0.135. The summed E-state index contributed by atoms with van der Waals surface area (Å²) in [6.45, 7) is 2.40. The zero-order chi connectivity index (χ0) is 13.0.